The fraction of sp³-hybridized carbons (Fsp3) is 0.875. The number of carbonyl (C=O) groups excluding carboxylic acids is 1. The van der Waals surface area contributed by atoms with Crippen LogP contribution in [-0.4, -0.2) is 19.0 Å². The molecule has 2 atom stereocenters. The van der Waals surface area contributed by atoms with Gasteiger partial charge in [0.05, 0.1) is 13.2 Å². The van der Waals surface area contributed by atoms with Crippen molar-refractivity contribution in [3.05, 3.63) is 0 Å². The quantitative estimate of drug-likeness (QED) is 0.572. The predicted octanol–water partition coefficient (Wildman–Crippen LogP) is 1.00. The van der Waals surface area contributed by atoms with E-state index in [1.165, 1.54) is 6.42 Å². The van der Waals surface area contributed by atoms with Gasteiger partial charge in [-0.2, -0.15) is 0 Å². The summed E-state index contributed by atoms with van der Waals surface area (Å²) in [4.78, 5) is 10.8. The molecule has 2 unspecified atom stereocenters. The fourth-order valence-electron chi connectivity index (χ4n) is 2.01. The standard InChI is InChI=1S/C8H12O2/c1-6(9)2-8-3-7(8)4-10-5-8/h7H,2-5H2,1H3. The van der Waals surface area contributed by atoms with Crippen LogP contribution in [0.5, 0.6) is 0 Å². The molecule has 2 heteroatoms. The number of hydrogen-bond donors (Lipinski definition) is 0. The molecule has 0 aromatic heterocycles. The van der Waals surface area contributed by atoms with Crippen molar-refractivity contribution >= 4 is 5.78 Å². The minimum Gasteiger partial charge on any atom is -0.381 e. The van der Waals surface area contributed by atoms with E-state index in [-0.39, 0.29) is 0 Å². The van der Waals surface area contributed by atoms with Crippen LogP contribution < -0.4 is 0 Å². The van der Waals surface area contributed by atoms with E-state index in [0.29, 0.717) is 11.2 Å². The molecular formula is C8H12O2. The van der Waals surface area contributed by atoms with Gasteiger partial charge in [-0.25, -0.2) is 0 Å². The molecule has 0 aromatic carbocycles. The molecule has 2 fully saturated rings. The van der Waals surface area contributed by atoms with Crippen LogP contribution in [0.1, 0.15) is 19.8 Å². The lowest BCUT2D eigenvalue weighted by atomic mass is 10.00. The molecule has 2 nitrogen and oxygen atoms in total. The molecule has 1 saturated carbocycles. The summed E-state index contributed by atoms with van der Waals surface area (Å²) in [5.74, 6) is 1.03. The van der Waals surface area contributed by atoms with Gasteiger partial charge in [-0.1, -0.05) is 0 Å². The number of rotatable bonds is 2. The molecule has 56 valence electrons. The lowest BCUT2D eigenvalue weighted by molar-refractivity contribution is -0.118. The summed E-state index contributed by atoms with van der Waals surface area (Å²) in [6.45, 7) is 3.40. The number of hydrogen-bond acceptors (Lipinski definition) is 2. The van der Waals surface area contributed by atoms with Crippen molar-refractivity contribution in [3.8, 4) is 0 Å². The van der Waals surface area contributed by atoms with Crippen molar-refractivity contribution in [2.45, 2.75) is 19.8 Å². The summed E-state index contributed by atoms with van der Waals surface area (Å²) < 4.78 is 5.26. The molecule has 1 saturated heterocycles. The van der Waals surface area contributed by atoms with Gasteiger partial charge in [-0.15, -0.1) is 0 Å². The topological polar surface area (TPSA) is 26.3 Å². The van der Waals surface area contributed by atoms with E-state index in [9.17, 15) is 4.79 Å². The third-order valence-electron chi connectivity index (χ3n) is 2.67. The van der Waals surface area contributed by atoms with Gasteiger partial charge < -0.3 is 9.53 Å². The average molecular weight is 140 g/mol. The summed E-state index contributed by atoms with van der Waals surface area (Å²) in [6, 6.07) is 0. The van der Waals surface area contributed by atoms with Crippen LogP contribution in [0.15, 0.2) is 0 Å². The van der Waals surface area contributed by atoms with E-state index in [0.717, 1.165) is 25.6 Å². The first-order valence-corrected chi connectivity index (χ1v) is 3.80. The van der Waals surface area contributed by atoms with Gasteiger partial charge in [0.25, 0.3) is 0 Å². The van der Waals surface area contributed by atoms with E-state index in [4.69, 9.17) is 4.74 Å². The summed E-state index contributed by atoms with van der Waals surface area (Å²) >= 11 is 0. The molecular weight excluding hydrogens is 128 g/mol. The minimum absolute atomic E-state index is 0.311. The van der Waals surface area contributed by atoms with Crippen LogP contribution >= 0.6 is 0 Å². The Bertz CT molecular complexity index is 176. The first-order valence-electron chi connectivity index (χ1n) is 3.80. The maximum Gasteiger partial charge on any atom is 0.130 e. The molecule has 0 amide bonds. The number of ketones is 1. The maximum absolute atomic E-state index is 10.8. The molecule has 0 aromatic rings. The molecule has 1 aliphatic heterocycles. The van der Waals surface area contributed by atoms with Crippen LogP contribution in [0.2, 0.25) is 0 Å². The Hall–Kier alpha value is -0.370. The van der Waals surface area contributed by atoms with Crippen LogP contribution in [0.3, 0.4) is 0 Å². The number of carbonyl (C=O) groups is 1. The Labute approximate surface area is 60.6 Å². The Morgan fingerprint density at radius 3 is 3.00 bits per heavy atom. The van der Waals surface area contributed by atoms with Crippen molar-refractivity contribution in [2.75, 3.05) is 13.2 Å². The highest BCUT2D eigenvalue weighted by atomic mass is 16.5. The first kappa shape index (κ1) is 6.35. The molecule has 0 N–H and O–H groups in total. The number of Topliss-reactive ketones (excluding diaryl/α,β-unsaturated/α-hetero) is 1. The van der Waals surface area contributed by atoms with E-state index >= 15 is 0 Å². The molecule has 2 rings (SSSR count). The average Bonchev–Trinajstić information content (AvgIpc) is 2.33. The lowest BCUT2D eigenvalue weighted by Gasteiger charge is -2.06. The van der Waals surface area contributed by atoms with E-state index in [1.807, 2.05) is 0 Å². The van der Waals surface area contributed by atoms with Crippen LogP contribution in [0.25, 0.3) is 0 Å². The zero-order chi connectivity index (χ0) is 7.19. The third-order valence-corrected chi connectivity index (χ3v) is 2.67. The van der Waals surface area contributed by atoms with E-state index in [1.54, 1.807) is 6.92 Å². The SMILES string of the molecule is CC(=O)CC12COCC1C2. The molecule has 10 heavy (non-hydrogen) atoms. The van der Waals surface area contributed by atoms with Crippen molar-refractivity contribution in [3.63, 3.8) is 0 Å². The van der Waals surface area contributed by atoms with Crippen molar-refractivity contribution in [1.82, 2.24) is 0 Å². The molecule has 0 radical (unpaired) electrons. The second-order valence-corrected chi connectivity index (χ2v) is 3.66. The van der Waals surface area contributed by atoms with Gasteiger partial charge in [0.2, 0.25) is 0 Å². The van der Waals surface area contributed by atoms with Gasteiger partial charge in [0.15, 0.2) is 0 Å². The minimum atomic E-state index is 0.311. The molecule has 2 aliphatic rings. The molecule has 1 aliphatic carbocycles. The highest BCUT2D eigenvalue weighted by molar-refractivity contribution is 5.76. The predicted molar refractivity (Wildman–Crippen MR) is 36.7 cm³/mol. The Morgan fingerprint density at radius 2 is 2.60 bits per heavy atom. The monoisotopic (exact) mass is 140 g/mol. The lowest BCUT2D eigenvalue weighted by Crippen LogP contribution is -2.09. The smallest absolute Gasteiger partial charge is 0.130 e. The first-order chi connectivity index (χ1) is 4.73. The van der Waals surface area contributed by atoms with Crippen LogP contribution in [0, 0.1) is 11.3 Å². The van der Waals surface area contributed by atoms with E-state index < -0.39 is 0 Å². The fourth-order valence-corrected chi connectivity index (χ4v) is 2.01. The largest absolute Gasteiger partial charge is 0.381 e. The number of fused-ring (bicyclic) bond motifs is 1. The molecule has 0 spiro atoms. The van der Waals surface area contributed by atoms with Crippen LogP contribution in [0.4, 0.5) is 0 Å². The Balaban J connectivity index is 1.99. The maximum atomic E-state index is 10.8. The van der Waals surface area contributed by atoms with Gasteiger partial charge in [-0.3, -0.25) is 0 Å². The summed E-state index contributed by atoms with van der Waals surface area (Å²) in [6.07, 6.45) is 1.98. The van der Waals surface area contributed by atoms with Crippen molar-refractivity contribution in [2.24, 2.45) is 11.3 Å². The zero-order valence-electron chi connectivity index (χ0n) is 6.22. The summed E-state index contributed by atoms with van der Waals surface area (Å²) in [5.41, 5.74) is 0.311. The van der Waals surface area contributed by atoms with Gasteiger partial charge in [0.1, 0.15) is 5.78 Å². The Morgan fingerprint density at radius 1 is 1.80 bits per heavy atom. The van der Waals surface area contributed by atoms with Gasteiger partial charge in [0, 0.05) is 11.8 Å². The van der Waals surface area contributed by atoms with Crippen molar-refractivity contribution in [1.29, 1.82) is 0 Å². The van der Waals surface area contributed by atoms with E-state index in [2.05, 4.69) is 0 Å². The number of ether oxygens (including phenoxy) is 1. The highest BCUT2D eigenvalue weighted by Gasteiger charge is 2.58. The second-order valence-electron chi connectivity index (χ2n) is 3.66. The molecule has 1 heterocycles. The third kappa shape index (κ3) is 0.788. The van der Waals surface area contributed by atoms with Crippen molar-refractivity contribution < 1.29 is 9.53 Å². The summed E-state index contributed by atoms with van der Waals surface area (Å²) in [5, 5.41) is 0. The Kier molecular flexibility index (Phi) is 1.15. The zero-order valence-corrected chi connectivity index (χ0v) is 6.22. The van der Waals surface area contributed by atoms with Gasteiger partial charge in [-0.05, 0) is 19.3 Å². The van der Waals surface area contributed by atoms with Gasteiger partial charge >= 0.3 is 0 Å². The highest BCUT2D eigenvalue weighted by Crippen LogP contribution is 2.59. The second kappa shape index (κ2) is 1.82. The molecule has 0 bridgehead atoms. The van der Waals surface area contributed by atoms with Crippen LogP contribution in [-0.2, 0) is 9.53 Å². The summed E-state index contributed by atoms with van der Waals surface area (Å²) in [7, 11) is 0. The normalized spacial score (nSPS) is 43.1.